The summed E-state index contributed by atoms with van der Waals surface area (Å²) in [6.07, 6.45) is 1.43. The number of rotatable bonds is 3. The minimum atomic E-state index is 0.189. The Morgan fingerprint density at radius 1 is 1.42 bits per heavy atom. The Bertz CT molecular complexity index is 661. The van der Waals surface area contributed by atoms with Crippen LogP contribution in [0.2, 0.25) is 10.0 Å². The highest BCUT2D eigenvalue weighted by Crippen LogP contribution is 2.32. The molecule has 0 aliphatic rings. The summed E-state index contributed by atoms with van der Waals surface area (Å²) in [5.41, 5.74) is 0.773. The van der Waals surface area contributed by atoms with Gasteiger partial charge in [-0.1, -0.05) is 23.2 Å². The molecule has 2 rings (SSSR count). The maximum absolute atomic E-state index is 9.00. The lowest BCUT2D eigenvalue weighted by molar-refractivity contribution is 0.881. The zero-order valence-corrected chi connectivity index (χ0v) is 12.3. The van der Waals surface area contributed by atoms with Gasteiger partial charge in [-0.25, -0.2) is 0 Å². The van der Waals surface area contributed by atoms with Gasteiger partial charge in [0.25, 0.3) is 0 Å². The highest BCUT2D eigenvalue weighted by atomic mass is 79.9. The first kappa shape index (κ1) is 13.8. The lowest BCUT2D eigenvalue weighted by atomic mass is 10.3. The lowest BCUT2D eigenvalue weighted by Crippen LogP contribution is -1.94. The Hall–Kier alpha value is -1.62. The third-order valence-corrected chi connectivity index (χ3v) is 3.60. The van der Waals surface area contributed by atoms with E-state index in [4.69, 9.17) is 28.5 Å². The molecule has 0 bridgehead atoms. The molecule has 0 spiro atoms. The van der Waals surface area contributed by atoms with Crippen LogP contribution in [0.4, 0.5) is 5.69 Å². The zero-order valence-electron chi connectivity index (χ0n) is 9.15. The molecule has 0 aliphatic carbocycles. The van der Waals surface area contributed by atoms with E-state index in [-0.39, 0.29) is 11.4 Å². The van der Waals surface area contributed by atoms with Crippen LogP contribution < -0.4 is 5.32 Å². The van der Waals surface area contributed by atoms with Gasteiger partial charge in [-0.3, -0.25) is 0 Å². The average Bonchev–Trinajstić information content (AvgIpc) is 2.90. The van der Waals surface area contributed by atoms with E-state index in [0.29, 0.717) is 20.2 Å². The van der Waals surface area contributed by atoms with E-state index in [1.165, 1.54) is 6.20 Å². The minimum absolute atomic E-state index is 0.189. The molecule has 0 unspecified atom stereocenters. The normalized spacial score (nSPS) is 11.2. The van der Waals surface area contributed by atoms with E-state index in [2.05, 4.69) is 41.9 Å². The summed E-state index contributed by atoms with van der Waals surface area (Å²) in [4.78, 5) is 0. The summed E-state index contributed by atoms with van der Waals surface area (Å²) >= 11 is 15.3. The molecule has 19 heavy (non-hydrogen) atoms. The van der Waals surface area contributed by atoms with Gasteiger partial charge in [0, 0.05) is 10.7 Å². The number of hydrogen-bond donors (Lipinski definition) is 2. The molecule has 0 atom stereocenters. The Morgan fingerprint density at radius 2 is 2.21 bits per heavy atom. The van der Waals surface area contributed by atoms with Crippen molar-refractivity contribution < 1.29 is 0 Å². The van der Waals surface area contributed by atoms with Gasteiger partial charge in [0.05, 0.1) is 15.7 Å². The van der Waals surface area contributed by atoms with E-state index in [0.717, 1.165) is 0 Å². The Kier molecular flexibility index (Phi) is 4.37. The van der Waals surface area contributed by atoms with Crippen molar-refractivity contribution in [3.05, 3.63) is 38.7 Å². The number of anilines is 1. The number of hydrogen-bond acceptors (Lipinski definition) is 5. The van der Waals surface area contributed by atoms with E-state index in [1.807, 2.05) is 6.07 Å². The molecule has 1 aromatic heterocycles. The van der Waals surface area contributed by atoms with Gasteiger partial charge in [0.2, 0.25) is 5.82 Å². The average molecular weight is 360 g/mol. The van der Waals surface area contributed by atoms with Crippen LogP contribution in [0.15, 0.2) is 22.8 Å². The van der Waals surface area contributed by atoms with Crippen molar-refractivity contribution in [1.82, 2.24) is 20.6 Å². The monoisotopic (exact) mass is 358 g/mol. The van der Waals surface area contributed by atoms with E-state index < -0.39 is 0 Å². The van der Waals surface area contributed by atoms with Crippen LogP contribution in [-0.2, 0) is 0 Å². The van der Waals surface area contributed by atoms with Gasteiger partial charge in [0.15, 0.2) is 0 Å². The predicted octanol–water partition coefficient (Wildman–Crippen LogP) is 3.25. The van der Waals surface area contributed by atoms with E-state index in [1.54, 1.807) is 12.1 Å². The molecular formula is C10H5BrCl2N6. The van der Waals surface area contributed by atoms with Crippen molar-refractivity contribution >= 4 is 50.4 Å². The second kappa shape index (κ2) is 6.02. The number of H-pyrrole nitrogens is 1. The zero-order chi connectivity index (χ0) is 13.8. The van der Waals surface area contributed by atoms with Crippen LogP contribution >= 0.6 is 39.1 Å². The summed E-state index contributed by atoms with van der Waals surface area (Å²) in [7, 11) is 0. The molecule has 0 saturated carbocycles. The van der Waals surface area contributed by atoms with Crippen LogP contribution in [0.3, 0.4) is 0 Å². The number of nitriles is 1. The molecule has 1 aromatic carbocycles. The maximum atomic E-state index is 9.00. The van der Waals surface area contributed by atoms with Crippen molar-refractivity contribution in [1.29, 1.82) is 5.26 Å². The second-order valence-corrected chi connectivity index (χ2v) is 4.96. The molecule has 2 N–H and O–H groups in total. The third-order valence-electron chi connectivity index (χ3n) is 2.09. The Morgan fingerprint density at radius 3 is 2.84 bits per heavy atom. The van der Waals surface area contributed by atoms with Crippen LogP contribution in [0.25, 0.3) is 5.57 Å². The minimum Gasteiger partial charge on any atom is -0.359 e. The van der Waals surface area contributed by atoms with Gasteiger partial charge in [-0.05, 0) is 33.3 Å². The van der Waals surface area contributed by atoms with Gasteiger partial charge in [-0.2, -0.15) is 10.5 Å². The quantitative estimate of drug-likeness (QED) is 0.648. The number of benzene rings is 1. The summed E-state index contributed by atoms with van der Waals surface area (Å²) < 4.78 is 0.687. The largest absolute Gasteiger partial charge is 0.359 e. The number of aromatic nitrogens is 4. The second-order valence-electron chi connectivity index (χ2n) is 3.30. The third kappa shape index (κ3) is 3.23. The van der Waals surface area contributed by atoms with Crippen molar-refractivity contribution in [2.24, 2.45) is 0 Å². The Balaban J connectivity index is 2.27. The fraction of sp³-hybridized carbons (Fsp3) is 0. The van der Waals surface area contributed by atoms with Gasteiger partial charge in [-0.15, -0.1) is 10.2 Å². The Labute approximate surface area is 126 Å². The molecule has 96 valence electrons. The topological polar surface area (TPSA) is 90.3 Å². The first-order chi connectivity index (χ1) is 9.11. The number of halogens is 3. The van der Waals surface area contributed by atoms with Crippen LogP contribution in [-0.4, -0.2) is 20.6 Å². The number of nitrogens with zero attached hydrogens (tertiary/aromatic N) is 4. The van der Waals surface area contributed by atoms with Crippen LogP contribution in [0.1, 0.15) is 5.82 Å². The van der Waals surface area contributed by atoms with Crippen molar-refractivity contribution in [3.63, 3.8) is 0 Å². The van der Waals surface area contributed by atoms with Crippen LogP contribution in [0.5, 0.6) is 0 Å². The smallest absolute Gasteiger partial charge is 0.216 e. The molecule has 9 heteroatoms. The fourth-order valence-corrected chi connectivity index (χ4v) is 2.06. The van der Waals surface area contributed by atoms with E-state index in [9.17, 15) is 0 Å². The van der Waals surface area contributed by atoms with Crippen molar-refractivity contribution in [2.45, 2.75) is 0 Å². The van der Waals surface area contributed by atoms with Gasteiger partial charge < -0.3 is 5.32 Å². The van der Waals surface area contributed by atoms with Gasteiger partial charge in [0.1, 0.15) is 11.6 Å². The highest BCUT2D eigenvalue weighted by molar-refractivity contribution is 9.10. The SMILES string of the molecule is N#CC(=CNc1cc(Cl)c(Br)cc1Cl)c1nn[nH]n1. The molecule has 0 radical (unpaired) electrons. The molecule has 1 heterocycles. The van der Waals surface area contributed by atoms with Crippen molar-refractivity contribution in [3.8, 4) is 6.07 Å². The number of tetrazole rings is 1. The number of nitrogens with one attached hydrogen (secondary N) is 2. The molecule has 0 saturated heterocycles. The predicted molar refractivity (Wildman–Crippen MR) is 75.6 cm³/mol. The summed E-state index contributed by atoms with van der Waals surface area (Å²) in [6.45, 7) is 0. The molecule has 0 aliphatic heterocycles. The molecule has 2 aromatic rings. The summed E-state index contributed by atoms with van der Waals surface area (Å²) in [5.74, 6) is 0.189. The number of aromatic amines is 1. The van der Waals surface area contributed by atoms with Gasteiger partial charge >= 0.3 is 0 Å². The molecular weight excluding hydrogens is 355 g/mol. The maximum Gasteiger partial charge on any atom is 0.216 e. The van der Waals surface area contributed by atoms with Crippen LogP contribution in [0, 0.1) is 11.3 Å². The lowest BCUT2D eigenvalue weighted by Gasteiger charge is -2.06. The summed E-state index contributed by atoms with van der Waals surface area (Å²) in [5, 5.41) is 25.9. The standard InChI is InChI=1S/C10H5BrCl2N6/c11-6-1-8(13)9(2-7(6)12)15-4-5(3-14)10-16-18-19-17-10/h1-2,4,15H,(H,16,17,18,19). The molecule has 0 fully saturated rings. The molecule has 6 nitrogen and oxygen atoms in total. The van der Waals surface area contributed by atoms with E-state index >= 15 is 0 Å². The first-order valence-electron chi connectivity index (χ1n) is 4.87. The molecule has 0 amide bonds. The fourth-order valence-electron chi connectivity index (χ4n) is 1.21. The number of allylic oxidation sites excluding steroid dienone is 1. The summed E-state index contributed by atoms with van der Waals surface area (Å²) in [6, 6.07) is 5.24. The first-order valence-corrected chi connectivity index (χ1v) is 6.42. The highest BCUT2D eigenvalue weighted by Gasteiger charge is 2.08. The van der Waals surface area contributed by atoms with Crippen molar-refractivity contribution in [2.75, 3.05) is 5.32 Å².